The van der Waals surface area contributed by atoms with Crippen molar-refractivity contribution in [3.63, 3.8) is 0 Å². The quantitative estimate of drug-likeness (QED) is 0.779. The summed E-state index contributed by atoms with van der Waals surface area (Å²) in [6.07, 6.45) is 1.93. The molecule has 0 spiro atoms. The molecule has 0 unspecified atom stereocenters. The Bertz CT molecular complexity index is 586. The summed E-state index contributed by atoms with van der Waals surface area (Å²) in [6.45, 7) is 0.968. The van der Waals surface area contributed by atoms with E-state index >= 15 is 0 Å². The number of nitrogens with zero attached hydrogens (tertiary/aromatic N) is 1. The van der Waals surface area contributed by atoms with Crippen LogP contribution in [0.25, 0.3) is 0 Å². The molecule has 0 aromatic heterocycles. The van der Waals surface area contributed by atoms with Crippen LogP contribution in [0.4, 0.5) is 5.69 Å². The maximum Gasteiger partial charge on any atom is 0.327 e. The van der Waals surface area contributed by atoms with E-state index in [0.717, 1.165) is 30.9 Å². The Labute approximate surface area is 112 Å². The standard InChI is InChI=1S/C16H15NO2/c1-2-8-13-12(6-1)7-5-11-17(13)16-18-14-9-3-4-10-15(14)19-16/h1-4,6,8-10,16H,5,7,11H2. The number of hydrogen-bond donors (Lipinski definition) is 0. The van der Waals surface area contributed by atoms with E-state index in [1.165, 1.54) is 11.3 Å². The maximum atomic E-state index is 5.91. The molecule has 19 heavy (non-hydrogen) atoms. The summed E-state index contributed by atoms with van der Waals surface area (Å²) in [5.74, 6) is 1.66. The second-order valence-electron chi connectivity index (χ2n) is 4.92. The molecule has 2 aromatic rings. The number of para-hydroxylation sites is 3. The minimum Gasteiger partial charge on any atom is -0.433 e. The molecule has 2 aliphatic heterocycles. The van der Waals surface area contributed by atoms with Crippen molar-refractivity contribution in [3.8, 4) is 11.5 Å². The van der Waals surface area contributed by atoms with Gasteiger partial charge in [0.25, 0.3) is 0 Å². The van der Waals surface area contributed by atoms with Gasteiger partial charge in [0.05, 0.1) is 0 Å². The average Bonchev–Trinajstić information content (AvgIpc) is 2.90. The number of benzene rings is 2. The highest BCUT2D eigenvalue weighted by Crippen LogP contribution is 2.38. The molecule has 2 heterocycles. The van der Waals surface area contributed by atoms with Crippen LogP contribution in [0.2, 0.25) is 0 Å². The molecule has 2 aromatic carbocycles. The smallest absolute Gasteiger partial charge is 0.327 e. The predicted molar refractivity (Wildman–Crippen MR) is 73.6 cm³/mol. The number of hydrogen-bond acceptors (Lipinski definition) is 3. The molecule has 3 heteroatoms. The van der Waals surface area contributed by atoms with Crippen molar-refractivity contribution in [2.24, 2.45) is 0 Å². The first-order valence-electron chi connectivity index (χ1n) is 6.69. The van der Waals surface area contributed by atoms with E-state index in [2.05, 4.69) is 29.2 Å². The van der Waals surface area contributed by atoms with Crippen molar-refractivity contribution in [1.29, 1.82) is 0 Å². The van der Waals surface area contributed by atoms with E-state index in [4.69, 9.17) is 9.47 Å². The van der Waals surface area contributed by atoms with E-state index in [-0.39, 0.29) is 6.41 Å². The lowest BCUT2D eigenvalue weighted by molar-refractivity contribution is 0.0448. The zero-order valence-corrected chi connectivity index (χ0v) is 10.6. The highest BCUT2D eigenvalue weighted by Gasteiger charge is 2.32. The third-order valence-corrected chi connectivity index (χ3v) is 3.71. The molecule has 0 saturated heterocycles. The largest absolute Gasteiger partial charge is 0.433 e. The Morgan fingerprint density at radius 2 is 1.58 bits per heavy atom. The highest BCUT2D eigenvalue weighted by atomic mass is 16.7. The highest BCUT2D eigenvalue weighted by molar-refractivity contribution is 5.56. The summed E-state index contributed by atoms with van der Waals surface area (Å²) in [7, 11) is 0. The van der Waals surface area contributed by atoms with E-state index in [0.29, 0.717) is 0 Å². The van der Waals surface area contributed by atoms with Gasteiger partial charge in [-0.2, -0.15) is 0 Å². The van der Waals surface area contributed by atoms with Gasteiger partial charge in [-0.3, -0.25) is 0 Å². The van der Waals surface area contributed by atoms with E-state index < -0.39 is 0 Å². The Balaban J connectivity index is 1.66. The Kier molecular flexibility index (Phi) is 2.37. The minimum atomic E-state index is -0.334. The third kappa shape index (κ3) is 1.73. The molecular weight excluding hydrogens is 238 g/mol. The Morgan fingerprint density at radius 1 is 0.895 bits per heavy atom. The number of aryl methyl sites for hydroxylation is 1. The Morgan fingerprint density at radius 3 is 2.37 bits per heavy atom. The van der Waals surface area contributed by atoms with Gasteiger partial charge in [-0.05, 0) is 36.6 Å². The molecule has 3 nitrogen and oxygen atoms in total. The number of ether oxygens (including phenoxy) is 2. The lowest BCUT2D eigenvalue weighted by atomic mass is 10.0. The van der Waals surface area contributed by atoms with Crippen LogP contribution in [-0.2, 0) is 6.42 Å². The van der Waals surface area contributed by atoms with E-state index in [1.807, 2.05) is 24.3 Å². The van der Waals surface area contributed by atoms with Gasteiger partial charge in [0.15, 0.2) is 11.5 Å². The molecular formula is C16H15NO2. The third-order valence-electron chi connectivity index (χ3n) is 3.71. The Hall–Kier alpha value is -2.16. The molecule has 0 atom stereocenters. The van der Waals surface area contributed by atoms with Crippen LogP contribution >= 0.6 is 0 Å². The first kappa shape index (κ1) is 10.7. The van der Waals surface area contributed by atoms with Gasteiger partial charge in [-0.1, -0.05) is 30.3 Å². The zero-order valence-electron chi connectivity index (χ0n) is 10.6. The van der Waals surface area contributed by atoms with Gasteiger partial charge in [-0.25, -0.2) is 0 Å². The number of fused-ring (bicyclic) bond motifs is 2. The molecule has 0 amide bonds. The first-order chi connectivity index (χ1) is 9.42. The van der Waals surface area contributed by atoms with Crippen molar-refractivity contribution in [1.82, 2.24) is 0 Å². The number of rotatable bonds is 1. The summed E-state index contributed by atoms with van der Waals surface area (Å²) in [5.41, 5.74) is 2.60. The van der Waals surface area contributed by atoms with Crippen molar-refractivity contribution in [2.75, 3.05) is 11.4 Å². The molecule has 0 saturated carbocycles. The van der Waals surface area contributed by atoms with Crippen molar-refractivity contribution in [3.05, 3.63) is 54.1 Å². The zero-order chi connectivity index (χ0) is 12.7. The molecule has 4 rings (SSSR count). The molecule has 96 valence electrons. The lowest BCUT2D eigenvalue weighted by Crippen LogP contribution is -2.44. The predicted octanol–water partition coefficient (Wildman–Crippen LogP) is 3.19. The molecule has 0 radical (unpaired) electrons. The molecule has 0 bridgehead atoms. The van der Waals surface area contributed by atoms with Crippen LogP contribution < -0.4 is 14.4 Å². The minimum absolute atomic E-state index is 0.334. The monoisotopic (exact) mass is 253 g/mol. The van der Waals surface area contributed by atoms with Crippen LogP contribution in [-0.4, -0.2) is 13.0 Å². The molecule has 0 N–H and O–H groups in total. The van der Waals surface area contributed by atoms with Crippen LogP contribution in [0.5, 0.6) is 11.5 Å². The van der Waals surface area contributed by atoms with Crippen molar-refractivity contribution >= 4 is 5.69 Å². The van der Waals surface area contributed by atoms with Gasteiger partial charge in [0.2, 0.25) is 0 Å². The van der Waals surface area contributed by atoms with Gasteiger partial charge in [-0.15, -0.1) is 0 Å². The topological polar surface area (TPSA) is 21.7 Å². The summed E-state index contributed by atoms with van der Waals surface area (Å²) in [6, 6.07) is 16.3. The summed E-state index contributed by atoms with van der Waals surface area (Å²) in [4.78, 5) is 2.21. The lowest BCUT2D eigenvalue weighted by Gasteiger charge is -2.33. The van der Waals surface area contributed by atoms with Crippen molar-refractivity contribution in [2.45, 2.75) is 19.3 Å². The first-order valence-corrected chi connectivity index (χ1v) is 6.69. The second-order valence-corrected chi connectivity index (χ2v) is 4.92. The molecule has 2 aliphatic rings. The maximum absolute atomic E-state index is 5.91. The second kappa shape index (κ2) is 4.19. The van der Waals surface area contributed by atoms with Gasteiger partial charge >= 0.3 is 6.41 Å². The SMILES string of the molecule is c1ccc2c(c1)CCCN2C1Oc2ccccc2O1. The van der Waals surface area contributed by atoms with Gasteiger partial charge in [0, 0.05) is 12.2 Å². The van der Waals surface area contributed by atoms with Gasteiger partial charge < -0.3 is 14.4 Å². The fourth-order valence-corrected chi connectivity index (χ4v) is 2.80. The van der Waals surface area contributed by atoms with Crippen LogP contribution in [0.1, 0.15) is 12.0 Å². The fourth-order valence-electron chi connectivity index (χ4n) is 2.80. The van der Waals surface area contributed by atoms with Crippen molar-refractivity contribution < 1.29 is 9.47 Å². The normalized spacial score (nSPS) is 17.4. The fraction of sp³-hybridized carbons (Fsp3) is 0.250. The molecule has 0 aliphatic carbocycles. The molecule has 0 fully saturated rings. The summed E-state index contributed by atoms with van der Waals surface area (Å²) < 4.78 is 11.8. The summed E-state index contributed by atoms with van der Waals surface area (Å²) >= 11 is 0. The van der Waals surface area contributed by atoms with Gasteiger partial charge in [0.1, 0.15) is 0 Å². The average molecular weight is 253 g/mol. The van der Waals surface area contributed by atoms with Crippen LogP contribution in [0.3, 0.4) is 0 Å². The summed E-state index contributed by atoms with van der Waals surface area (Å²) in [5, 5.41) is 0. The van der Waals surface area contributed by atoms with Crippen LogP contribution in [0, 0.1) is 0 Å². The van der Waals surface area contributed by atoms with Crippen LogP contribution in [0.15, 0.2) is 48.5 Å². The van der Waals surface area contributed by atoms with E-state index in [9.17, 15) is 0 Å². The number of anilines is 1. The van der Waals surface area contributed by atoms with E-state index in [1.54, 1.807) is 0 Å².